The van der Waals surface area contributed by atoms with Gasteiger partial charge < -0.3 is 9.13 Å². The molecule has 0 aliphatic rings. The lowest BCUT2D eigenvalue weighted by Crippen LogP contribution is -2.02. The highest BCUT2D eigenvalue weighted by atomic mass is 15.0. The second-order valence-electron chi connectivity index (χ2n) is 15.3. The van der Waals surface area contributed by atoms with Crippen molar-refractivity contribution in [1.82, 2.24) is 24.1 Å². The molecule has 0 N–H and O–H groups in total. The second kappa shape index (κ2) is 13.8. The van der Waals surface area contributed by atoms with Crippen LogP contribution in [0.3, 0.4) is 0 Å². The molecule has 0 spiro atoms. The zero-order valence-corrected chi connectivity index (χ0v) is 32.4. The van der Waals surface area contributed by atoms with Crippen LogP contribution in [0.2, 0.25) is 0 Å². The molecule has 0 bridgehead atoms. The van der Waals surface area contributed by atoms with E-state index in [4.69, 9.17) is 15.0 Å². The summed E-state index contributed by atoms with van der Waals surface area (Å²) in [6.45, 7) is 0. The largest absolute Gasteiger partial charge is 0.309 e. The lowest BCUT2D eigenvalue weighted by molar-refractivity contribution is 1.07. The van der Waals surface area contributed by atoms with Gasteiger partial charge in [0.25, 0.3) is 0 Å². The summed E-state index contributed by atoms with van der Waals surface area (Å²) in [4.78, 5) is 15.6. The highest BCUT2D eigenvalue weighted by molar-refractivity contribution is 6.12. The minimum absolute atomic E-state index is 0.613. The van der Waals surface area contributed by atoms with Crippen LogP contribution >= 0.6 is 0 Å². The second-order valence-corrected chi connectivity index (χ2v) is 15.3. The molecule has 0 amide bonds. The summed E-state index contributed by atoms with van der Waals surface area (Å²) >= 11 is 0. The van der Waals surface area contributed by atoms with Gasteiger partial charge in [0, 0.05) is 49.6 Å². The number of aromatic nitrogens is 5. The molecule has 280 valence electrons. The van der Waals surface area contributed by atoms with Crippen LogP contribution in [0.15, 0.2) is 212 Å². The molecule has 0 atom stereocenters. The number of fused-ring (bicyclic) bond motifs is 7. The minimum Gasteiger partial charge on any atom is -0.309 e. The van der Waals surface area contributed by atoms with Crippen LogP contribution in [0, 0.1) is 0 Å². The quantitative estimate of drug-likeness (QED) is 0.169. The van der Waals surface area contributed by atoms with Crippen LogP contribution in [0.1, 0.15) is 0 Å². The molecule has 12 rings (SSSR count). The van der Waals surface area contributed by atoms with E-state index in [9.17, 15) is 0 Å². The Morgan fingerprint density at radius 2 is 0.750 bits per heavy atom. The number of benzene rings is 9. The van der Waals surface area contributed by atoms with Crippen molar-refractivity contribution in [3.05, 3.63) is 212 Å². The van der Waals surface area contributed by atoms with Gasteiger partial charge in [-0.15, -0.1) is 0 Å². The van der Waals surface area contributed by atoms with E-state index in [0.717, 1.165) is 55.6 Å². The Bertz CT molecular complexity index is 3550. The van der Waals surface area contributed by atoms with E-state index < -0.39 is 0 Å². The normalized spacial score (nSPS) is 11.7. The smallest absolute Gasteiger partial charge is 0.164 e. The zero-order valence-electron chi connectivity index (χ0n) is 32.4. The van der Waals surface area contributed by atoms with Gasteiger partial charge in [0.15, 0.2) is 17.5 Å². The number of nitrogens with zero attached hydrogens (tertiary/aromatic N) is 5. The molecule has 0 saturated heterocycles. The number of para-hydroxylation sites is 3. The Kier molecular flexibility index (Phi) is 7.78. The predicted molar refractivity (Wildman–Crippen MR) is 248 cm³/mol. The van der Waals surface area contributed by atoms with Crippen LogP contribution in [0.4, 0.5) is 0 Å². The van der Waals surface area contributed by atoms with Crippen molar-refractivity contribution < 1.29 is 0 Å². The van der Waals surface area contributed by atoms with Gasteiger partial charge in [0.2, 0.25) is 0 Å². The molecule has 0 unspecified atom stereocenters. The van der Waals surface area contributed by atoms with Crippen LogP contribution in [-0.2, 0) is 0 Å². The van der Waals surface area contributed by atoms with E-state index in [2.05, 4.69) is 203 Å². The zero-order chi connectivity index (χ0) is 39.6. The summed E-state index contributed by atoms with van der Waals surface area (Å²) < 4.78 is 4.77. The fourth-order valence-corrected chi connectivity index (χ4v) is 8.97. The fourth-order valence-electron chi connectivity index (χ4n) is 8.97. The van der Waals surface area contributed by atoms with Crippen molar-refractivity contribution >= 4 is 54.4 Å². The summed E-state index contributed by atoms with van der Waals surface area (Å²) in [5.41, 5.74) is 11.7. The molecule has 0 fully saturated rings. The molecule has 9 aromatic carbocycles. The minimum atomic E-state index is 0.613. The maximum atomic E-state index is 5.30. The van der Waals surface area contributed by atoms with Crippen LogP contribution in [0.5, 0.6) is 0 Å². The Hall–Kier alpha value is -8.15. The topological polar surface area (TPSA) is 48.5 Å². The molecular weight excluding hydrogens is 731 g/mol. The van der Waals surface area contributed by atoms with Crippen molar-refractivity contribution in [2.24, 2.45) is 0 Å². The number of rotatable bonds is 6. The maximum Gasteiger partial charge on any atom is 0.164 e. The molecule has 0 saturated carbocycles. The first kappa shape index (κ1) is 33.9. The highest BCUT2D eigenvalue weighted by Gasteiger charge is 2.20. The monoisotopic (exact) mass is 765 g/mol. The van der Waals surface area contributed by atoms with Crippen molar-refractivity contribution in [2.45, 2.75) is 0 Å². The lowest BCUT2D eigenvalue weighted by Gasteiger charge is -2.16. The third kappa shape index (κ3) is 5.52. The first-order valence-corrected chi connectivity index (χ1v) is 20.3. The standard InChI is InChI=1S/C55H35N5/c1-3-16-37(17-4-1)43-31-29-41(35-48(43)55-57-53(38-18-5-2-6-19-38)56-54(58-55)40-28-27-36-15-7-8-20-39(36)33-40)60-51-26-14-11-23-46(51)47-34-42(30-32-52(47)60)59-49-24-12-9-21-44(49)45-22-10-13-25-50(45)59/h1-35H. The molecular formula is C55H35N5. The van der Waals surface area contributed by atoms with E-state index in [-0.39, 0.29) is 0 Å². The number of hydrogen-bond acceptors (Lipinski definition) is 3. The molecule has 0 aliphatic heterocycles. The Labute approximate surface area is 346 Å². The van der Waals surface area contributed by atoms with Crippen LogP contribution in [-0.4, -0.2) is 24.1 Å². The Balaban J connectivity index is 1.09. The van der Waals surface area contributed by atoms with Crippen molar-refractivity contribution in [1.29, 1.82) is 0 Å². The van der Waals surface area contributed by atoms with Crippen molar-refractivity contribution in [2.75, 3.05) is 0 Å². The molecule has 5 heteroatoms. The Morgan fingerprint density at radius 3 is 1.42 bits per heavy atom. The van der Waals surface area contributed by atoms with Gasteiger partial charge in [0.1, 0.15) is 0 Å². The van der Waals surface area contributed by atoms with E-state index in [1.54, 1.807) is 0 Å². The first-order chi connectivity index (χ1) is 29.7. The van der Waals surface area contributed by atoms with E-state index in [1.807, 2.05) is 18.2 Å². The first-order valence-electron chi connectivity index (χ1n) is 20.3. The van der Waals surface area contributed by atoms with Gasteiger partial charge in [-0.05, 0) is 76.5 Å². The SMILES string of the molecule is c1ccc(-c2nc(-c3ccc4ccccc4c3)nc(-c3cc(-n4c5ccccc5c5cc(-n6c7ccccc7c7ccccc76)ccc54)ccc3-c3ccccc3)n2)cc1. The van der Waals surface area contributed by atoms with E-state index >= 15 is 0 Å². The maximum absolute atomic E-state index is 5.30. The summed E-state index contributed by atoms with van der Waals surface area (Å²) in [5, 5.41) is 7.18. The molecule has 3 aromatic heterocycles. The third-order valence-electron chi connectivity index (χ3n) is 11.8. The summed E-state index contributed by atoms with van der Waals surface area (Å²) in [6, 6.07) is 75.2. The van der Waals surface area contributed by atoms with Gasteiger partial charge in [-0.1, -0.05) is 158 Å². The predicted octanol–water partition coefficient (Wildman–Crippen LogP) is 13.9. The average molecular weight is 766 g/mol. The van der Waals surface area contributed by atoms with E-state index in [1.165, 1.54) is 38.0 Å². The molecule has 0 aliphatic carbocycles. The van der Waals surface area contributed by atoms with Gasteiger partial charge >= 0.3 is 0 Å². The summed E-state index contributed by atoms with van der Waals surface area (Å²) in [7, 11) is 0. The van der Waals surface area contributed by atoms with Gasteiger partial charge in [-0.2, -0.15) is 0 Å². The Morgan fingerprint density at radius 1 is 0.267 bits per heavy atom. The molecule has 60 heavy (non-hydrogen) atoms. The molecule has 5 nitrogen and oxygen atoms in total. The van der Waals surface area contributed by atoms with Crippen molar-refractivity contribution in [3.63, 3.8) is 0 Å². The van der Waals surface area contributed by atoms with Crippen molar-refractivity contribution in [3.8, 4) is 56.7 Å². The third-order valence-corrected chi connectivity index (χ3v) is 11.8. The lowest BCUT2D eigenvalue weighted by atomic mass is 9.98. The van der Waals surface area contributed by atoms with Gasteiger partial charge in [-0.3, -0.25) is 0 Å². The van der Waals surface area contributed by atoms with E-state index in [0.29, 0.717) is 17.5 Å². The highest BCUT2D eigenvalue weighted by Crippen LogP contribution is 2.40. The summed E-state index contributed by atoms with van der Waals surface area (Å²) in [6.07, 6.45) is 0. The molecule has 3 heterocycles. The molecule has 0 radical (unpaired) electrons. The molecule has 12 aromatic rings. The van der Waals surface area contributed by atoms with Gasteiger partial charge in [0.05, 0.1) is 22.1 Å². The van der Waals surface area contributed by atoms with Crippen LogP contribution in [0.25, 0.3) is 111 Å². The van der Waals surface area contributed by atoms with Gasteiger partial charge in [-0.25, -0.2) is 15.0 Å². The fraction of sp³-hybridized carbons (Fsp3) is 0. The number of hydrogen-bond donors (Lipinski definition) is 0. The summed E-state index contributed by atoms with van der Waals surface area (Å²) in [5.74, 6) is 1.87. The van der Waals surface area contributed by atoms with Crippen LogP contribution < -0.4 is 0 Å². The average Bonchev–Trinajstić information content (AvgIpc) is 3.84.